The van der Waals surface area contributed by atoms with Gasteiger partial charge in [0.15, 0.2) is 0 Å². The molecule has 1 N–H and O–H groups in total. The van der Waals surface area contributed by atoms with Gasteiger partial charge in [-0.1, -0.05) is 54.6 Å². The monoisotopic (exact) mass is 444 g/mol. The minimum absolute atomic E-state index is 0.186. The zero-order valence-corrected chi connectivity index (χ0v) is 18.2. The van der Waals surface area contributed by atoms with Gasteiger partial charge in [0.25, 0.3) is 0 Å². The number of ether oxygens (including phenoxy) is 1. The van der Waals surface area contributed by atoms with Crippen LogP contribution in [0, 0.1) is 5.82 Å². The number of halogens is 1. The summed E-state index contributed by atoms with van der Waals surface area (Å²) >= 11 is 0. The number of fused-ring (bicyclic) bond motifs is 1. The average molecular weight is 445 g/mol. The van der Waals surface area contributed by atoms with E-state index in [1.54, 1.807) is 12.1 Å². The Bertz CT molecular complexity index is 1160. The third kappa shape index (κ3) is 4.52. The Morgan fingerprint density at radius 2 is 1.76 bits per heavy atom. The molecule has 1 fully saturated rings. The maximum absolute atomic E-state index is 13.2. The summed E-state index contributed by atoms with van der Waals surface area (Å²) in [5.41, 5.74) is 5.27. The molecule has 6 heteroatoms. The lowest BCUT2D eigenvalue weighted by atomic mass is 9.99. The van der Waals surface area contributed by atoms with Crippen LogP contribution in [-0.2, 0) is 20.7 Å². The van der Waals surface area contributed by atoms with Gasteiger partial charge in [-0.25, -0.2) is 4.39 Å². The van der Waals surface area contributed by atoms with Crippen LogP contribution in [0.15, 0.2) is 72.8 Å². The van der Waals surface area contributed by atoms with Crippen molar-refractivity contribution in [3.63, 3.8) is 0 Å². The van der Waals surface area contributed by atoms with Gasteiger partial charge >= 0.3 is 11.8 Å². The number of morpholine rings is 1. The smallest absolute Gasteiger partial charge is 0.312 e. The average Bonchev–Trinajstić information content (AvgIpc) is 3.26. The molecule has 2 amide bonds. The van der Waals surface area contributed by atoms with Gasteiger partial charge in [-0.05, 0) is 58.9 Å². The summed E-state index contributed by atoms with van der Waals surface area (Å²) in [5.74, 6) is -1.48. The minimum Gasteiger partial charge on any atom is -0.370 e. The van der Waals surface area contributed by atoms with E-state index in [-0.39, 0.29) is 24.5 Å². The number of amides is 2. The third-order valence-corrected chi connectivity index (χ3v) is 6.43. The van der Waals surface area contributed by atoms with Crippen LogP contribution in [0.4, 0.5) is 4.39 Å². The topological polar surface area (TPSA) is 58.6 Å². The van der Waals surface area contributed by atoms with E-state index in [1.807, 2.05) is 18.2 Å². The Morgan fingerprint density at radius 3 is 2.55 bits per heavy atom. The largest absolute Gasteiger partial charge is 0.370 e. The molecule has 33 heavy (non-hydrogen) atoms. The van der Waals surface area contributed by atoms with Crippen molar-refractivity contribution in [1.82, 2.24) is 10.2 Å². The fourth-order valence-electron chi connectivity index (χ4n) is 4.64. The van der Waals surface area contributed by atoms with Crippen molar-refractivity contribution < 1.29 is 18.7 Å². The van der Waals surface area contributed by atoms with Crippen LogP contribution in [0.5, 0.6) is 0 Å². The maximum Gasteiger partial charge on any atom is 0.312 e. The van der Waals surface area contributed by atoms with E-state index in [0.29, 0.717) is 13.2 Å². The highest BCUT2D eigenvalue weighted by Crippen LogP contribution is 2.34. The Hall–Kier alpha value is -3.51. The lowest BCUT2D eigenvalue weighted by Gasteiger charge is -2.33. The molecule has 2 atom stereocenters. The first-order chi connectivity index (χ1) is 16.1. The summed E-state index contributed by atoms with van der Waals surface area (Å²) in [6, 6.07) is 22.3. The predicted molar refractivity (Wildman–Crippen MR) is 123 cm³/mol. The second-order valence-electron chi connectivity index (χ2n) is 8.51. The Balaban J connectivity index is 1.27. The highest BCUT2D eigenvalue weighted by atomic mass is 19.1. The van der Waals surface area contributed by atoms with E-state index >= 15 is 0 Å². The predicted octanol–water partition coefficient (Wildman–Crippen LogP) is 4.20. The molecule has 1 heterocycles. The van der Waals surface area contributed by atoms with Crippen molar-refractivity contribution in [2.45, 2.75) is 25.0 Å². The first-order valence-corrected chi connectivity index (χ1v) is 11.2. The summed E-state index contributed by atoms with van der Waals surface area (Å²) in [4.78, 5) is 27.3. The second-order valence-corrected chi connectivity index (χ2v) is 8.51. The third-order valence-electron chi connectivity index (χ3n) is 6.43. The van der Waals surface area contributed by atoms with Crippen molar-refractivity contribution in [2.75, 3.05) is 19.7 Å². The molecule has 2 unspecified atom stereocenters. The standard InChI is InChI=1S/C27H25FN2O3/c28-22-11-8-20(9-12-22)25-17-30(14-15-33-25)27(32)26(31)29-24-13-10-19-6-7-21(16-23(19)24)18-4-2-1-3-5-18/h1-9,11-12,16,24-25H,10,13-15,17H2,(H,29,31). The molecule has 3 aromatic rings. The lowest BCUT2D eigenvalue weighted by molar-refractivity contribution is -0.151. The Morgan fingerprint density at radius 1 is 0.970 bits per heavy atom. The van der Waals surface area contributed by atoms with Crippen LogP contribution in [-0.4, -0.2) is 36.4 Å². The molecule has 168 valence electrons. The van der Waals surface area contributed by atoms with Gasteiger partial charge in [-0.3, -0.25) is 9.59 Å². The second kappa shape index (κ2) is 9.16. The number of rotatable bonds is 3. The fraction of sp³-hybridized carbons (Fsp3) is 0.259. The molecular formula is C27H25FN2O3. The van der Waals surface area contributed by atoms with Gasteiger partial charge in [0.2, 0.25) is 0 Å². The summed E-state index contributed by atoms with van der Waals surface area (Å²) in [5, 5.41) is 2.95. The normalized spacial score (nSPS) is 19.7. The molecule has 1 saturated heterocycles. The molecule has 5 nitrogen and oxygen atoms in total. The lowest BCUT2D eigenvalue weighted by Crippen LogP contribution is -2.49. The number of aryl methyl sites for hydroxylation is 1. The summed E-state index contributed by atoms with van der Waals surface area (Å²) in [6.07, 6.45) is 1.26. The highest BCUT2D eigenvalue weighted by molar-refractivity contribution is 6.35. The van der Waals surface area contributed by atoms with E-state index in [2.05, 4.69) is 35.6 Å². The molecule has 5 rings (SSSR count). The zero-order valence-electron chi connectivity index (χ0n) is 18.2. The van der Waals surface area contributed by atoms with Gasteiger partial charge in [0.05, 0.1) is 19.2 Å². The van der Waals surface area contributed by atoms with Gasteiger partial charge in [-0.2, -0.15) is 0 Å². The van der Waals surface area contributed by atoms with Gasteiger partial charge in [0.1, 0.15) is 11.9 Å². The first kappa shape index (κ1) is 21.3. The van der Waals surface area contributed by atoms with Crippen LogP contribution < -0.4 is 5.32 Å². The molecule has 0 aromatic heterocycles. The van der Waals surface area contributed by atoms with E-state index in [1.165, 1.54) is 22.6 Å². The molecule has 3 aromatic carbocycles. The number of benzene rings is 3. The van der Waals surface area contributed by atoms with Crippen molar-refractivity contribution in [2.24, 2.45) is 0 Å². The number of hydrogen-bond donors (Lipinski definition) is 1. The molecule has 0 radical (unpaired) electrons. The van der Waals surface area contributed by atoms with Gasteiger partial charge in [0, 0.05) is 6.54 Å². The molecule has 2 aliphatic rings. The number of carbonyl (C=O) groups excluding carboxylic acids is 2. The number of nitrogens with zero attached hydrogens (tertiary/aromatic N) is 1. The molecule has 1 aliphatic carbocycles. The Labute approximate surface area is 192 Å². The molecule has 0 bridgehead atoms. The minimum atomic E-state index is -0.599. The molecular weight excluding hydrogens is 419 g/mol. The van der Waals surface area contributed by atoms with Gasteiger partial charge in [-0.15, -0.1) is 0 Å². The number of carbonyl (C=O) groups is 2. The molecule has 0 spiro atoms. The van der Waals surface area contributed by atoms with Crippen LogP contribution in [0.3, 0.4) is 0 Å². The summed E-state index contributed by atoms with van der Waals surface area (Å²) < 4.78 is 19.0. The summed E-state index contributed by atoms with van der Waals surface area (Å²) in [6.45, 7) is 0.939. The highest BCUT2D eigenvalue weighted by Gasteiger charge is 2.32. The van der Waals surface area contributed by atoms with Crippen LogP contribution in [0.1, 0.15) is 35.3 Å². The number of nitrogens with one attached hydrogen (secondary N) is 1. The SMILES string of the molecule is O=C(NC1CCc2ccc(-c3ccccc3)cc21)C(=O)N1CCOC(c2ccc(F)cc2)C1. The quantitative estimate of drug-likeness (QED) is 0.616. The van der Waals surface area contributed by atoms with Crippen molar-refractivity contribution >= 4 is 11.8 Å². The van der Waals surface area contributed by atoms with Crippen LogP contribution in [0.2, 0.25) is 0 Å². The van der Waals surface area contributed by atoms with E-state index in [0.717, 1.165) is 35.1 Å². The van der Waals surface area contributed by atoms with Gasteiger partial charge < -0.3 is 15.0 Å². The van der Waals surface area contributed by atoms with E-state index in [9.17, 15) is 14.0 Å². The van der Waals surface area contributed by atoms with Crippen LogP contribution >= 0.6 is 0 Å². The Kier molecular flexibility index (Phi) is 5.92. The van der Waals surface area contributed by atoms with E-state index in [4.69, 9.17) is 4.74 Å². The van der Waals surface area contributed by atoms with Crippen molar-refractivity contribution in [3.8, 4) is 11.1 Å². The fourth-order valence-corrected chi connectivity index (χ4v) is 4.64. The van der Waals surface area contributed by atoms with Crippen LogP contribution in [0.25, 0.3) is 11.1 Å². The van der Waals surface area contributed by atoms with Crippen molar-refractivity contribution in [3.05, 3.63) is 95.3 Å². The summed E-state index contributed by atoms with van der Waals surface area (Å²) in [7, 11) is 0. The maximum atomic E-state index is 13.2. The van der Waals surface area contributed by atoms with E-state index < -0.39 is 11.8 Å². The number of hydrogen-bond acceptors (Lipinski definition) is 3. The first-order valence-electron chi connectivity index (χ1n) is 11.2. The zero-order chi connectivity index (χ0) is 22.8. The van der Waals surface area contributed by atoms with Crippen molar-refractivity contribution in [1.29, 1.82) is 0 Å². The molecule has 1 aliphatic heterocycles. The molecule has 0 saturated carbocycles.